The molecule has 1 aromatic rings. The molecule has 0 saturated heterocycles. The number of carbonyl (C=O) groups is 1. The zero-order chi connectivity index (χ0) is 13.5. The van der Waals surface area contributed by atoms with Gasteiger partial charge in [0.15, 0.2) is 0 Å². The van der Waals surface area contributed by atoms with Crippen LogP contribution in [0.2, 0.25) is 0 Å². The van der Waals surface area contributed by atoms with E-state index in [-0.39, 0.29) is 5.91 Å². The maximum atomic E-state index is 11.8. The number of hydrogen-bond acceptors (Lipinski definition) is 5. The van der Waals surface area contributed by atoms with Gasteiger partial charge < -0.3 is 10.6 Å². The van der Waals surface area contributed by atoms with Crippen LogP contribution < -0.4 is 10.6 Å². The van der Waals surface area contributed by atoms with Gasteiger partial charge in [0.1, 0.15) is 5.69 Å². The summed E-state index contributed by atoms with van der Waals surface area (Å²) < 4.78 is 11.2. The van der Waals surface area contributed by atoms with Gasteiger partial charge in [-0.1, -0.05) is 6.92 Å². The zero-order valence-electron chi connectivity index (χ0n) is 10.8. The minimum absolute atomic E-state index is 0.273. The van der Waals surface area contributed by atoms with E-state index in [4.69, 9.17) is 0 Å². The summed E-state index contributed by atoms with van der Waals surface area (Å²) in [5, 5.41) is 5.49. The lowest BCUT2D eigenvalue weighted by molar-refractivity contribution is 0.0951. The van der Waals surface area contributed by atoms with Crippen molar-refractivity contribution in [2.75, 3.05) is 30.4 Å². The Morgan fingerprint density at radius 1 is 1.44 bits per heavy atom. The first-order chi connectivity index (χ1) is 8.56. The Balaban J connectivity index is 2.61. The highest BCUT2D eigenvalue weighted by molar-refractivity contribution is 7.84. The second-order valence-corrected chi connectivity index (χ2v) is 5.52. The highest BCUT2D eigenvalue weighted by Crippen LogP contribution is 2.03. The summed E-state index contributed by atoms with van der Waals surface area (Å²) in [7, 11) is 0.825. The molecule has 0 aliphatic carbocycles. The van der Waals surface area contributed by atoms with Gasteiger partial charge in [-0.25, -0.2) is 9.97 Å². The molecule has 0 spiro atoms. The number of nitrogens with zero attached hydrogens (tertiary/aromatic N) is 2. The Labute approximate surface area is 109 Å². The largest absolute Gasteiger partial charge is 0.357 e. The minimum Gasteiger partial charge on any atom is -0.357 e. The van der Waals surface area contributed by atoms with Crippen LogP contribution in [0.15, 0.2) is 6.07 Å². The normalized spacial score (nSPS) is 11.9. The van der Waals surface area contributed by atoms with Gasteiger partial charge in [-0.15, -0.1) is 0 Å². The van der Waals surface area contributed by atoms with Gasteiger partial charge in [0, 0.05) is 41.6 Å². The number of amides is 1. The van der Waals surface area contributed by atoms with Crippen molar-refractivity contribution in [2.24, 2.45) is 0 Å². The maximum absolute atomic E-state index is 11.8. The Morgan fingerprint density at radius 2 is 2.17 bits per heavy atom. The van der Waals surface area contributed by atoms with E-state index in [1.807, 2.05) is 6.92 Å². The van der Waals surface area contributed by atoms with E-state index in [0.29, 0.717) is 29.7 Å². The topological polar surface area (TPSA) is 84.0 Å². The molecule has 1 rings (SSSR count). The number of rotatable bonds is 6. The summed E-state index contributed by atoms with van der Waals surface area (Å²) in [6.45, 7) is 4.04. The Bertz CT molecular complexity index is 451. The molecule has 0 aliphatic rings. The van der Waals surface area contributed by atoms with Crippen LogP contribution in [0.25, 0.3) is 0 Å². The number of carbonyl (C=O) groups excluding carboxylic acids is 1. The molecule has 0 aliphatic heterocycles. The van der Waals surface area contributed by atoms with Gasteiger partial charge in [0.05, 0.1) is 0 Å². The number of anilines is 1. The van der Waals surface area contributed by atoms with Crippen LogP contribution in [0.3, 0.4) is 0 Å². The van der Waals surface area contributed by atoms with E-state index >= 15 is 0 Å². The summed E-state index contributed by atoms with van der Waals surface area (Å²) >= 11 is 0. The lowest BCUT2D eigenvalue weighted by Crippen LogP contribution is -2.29. The molecule has 1 aromatic heterocycles. The predicted octanol–water partition coefficient (Wildman–Crippen LogP) is 0.325. The standard InChI is InChI=1S/C11H18N4O2S/c1-4-18(17)6-5-13-10(16)9-7-8(2)14-11(12-3)15-9/h7H,4-6H2,1-3H3,(H,13,16)(H,12,14,15). The number of aromatic nitrogens is 2. The van der Waals surface area contributed by atoms with E-state index in [2.05, 4.69) is 20.6 Å². The van der Waals surface area contributed by atoms with Crippen LogP contribution in [-0.4, -0.2) is 45.2 Å². The van der Waals surface area contributed by atoms with Gasteiger partial charge in [-0.05, 0) is 13.0 Å². The Hall–Kier alpha value is -1.50. The van der Waals surface area contributed by atoms with Crippen molar-refractivity contribution in [1.29, 1.82) is 0 Å². The quantitative estimate of drug-likeness (QED) is 0.778. The molecule has 1 heterocycles. The average Bonchev–Trinajstić information content (AvgIpc) is 2.37. The number of aryl methyl sites for hydroxylation is 1. The second kappa shape index (κ2) is 7.05. The Morgan fingerprint density at radius 3 is 2.78 bits per heavy atom. The van der Waals surface area contributed by atoms with Crippen molar-refractivity contribution in [1.82, 2.24) is 15.3 Å². The molecular weight excluding hydrogens is 252 g/mol. The zero-order valence-corrected chi connectivity index (χ0v) is 11.6. The molecule has 6 nitrogen and oxygen atoms in total. The second-order valence-electron chi connectivity index (χ2n) is 3.66. The summed E-state index contributed by atoms with van der Waals surface area (Å²) in [5.74, 6) is 1.21. The highest BCUT2D eigenvalue weighted by Gasteiger charge is 2.09. The molecular formula is C11H18N4O2S. The molecule has 100 valence electrons. The fraction of sp³-hybridized carbons (Fsp3) is 0.545. The number of nitrogens with one attached hydrogen (secondary N) is 2. The predicted molar refractivity (Wildman–Crippen MR) is 72.2 cm³/mol. The SMILES string of the molecule is CCS(=O)CCNC(=O)c1cc(C)nc(NC)n1. The van der Waals surface area contributed by atoms with E-state index in [9.17, 15) is 9.00 Å². The van der Waals surface area contributed by atoms with Crippen molar-refractivity contribution in [3.05, 3.63) is 17.5 Å². The average molecular weight is 270 g/mol. The van der Waals surface area contributed by atoms with Crippen molar-refractivity contribution in [2.45, 2.75) is 13.8 Å². The van der Waals surface area contributed by atoms with Crippen LogP contribution >= 0.6 is 0 Å². The maximum Gasteiger partial charge on any atom is 0.270 e. The molecule has 1 unspecified atom stereocenters. The van der Waals surface area contributed by atoms with Gasteiger partial charge in [0.25, 0.3) is 5.91 Å². The van der Waals surface area contributed by atoms with Crippen LogP contribution in [0.1, 0.15) is 23.1 Å². The van der Waals surface area contributed by atoms with Gasteiger partial charge in [0.2, 0.25) is 5.95 Å². The summed E-state index contributed by atoms with van der Waals surface area (Å²) in [5.41, 5.74) is 1.03. The van der Waals surface area contributed by atoms with Crippen LogP contribution in [-0.2, 0) is 10.8 Å². The van der Waals surface area contributed by atoms with Crippen molar-refractivity contribution in [3.8, 4) is 0 Å². The summed E-state index contributed by atoms with van der Waals surface area (Å²) in [4.78, 5) is 20.0. The summed E-state index contributed by atoms with van der Waals surface area (Å²) in [6, 6.07) is 1.62. The smallest absolute Gasteiger partial charge is 0.270 e. The Kier molecular flexibility index (Phi) is 5.70. The van der Waals surface area contributed by atoms with Crippen molar-refractivity contribution in [3.63, 3.8) is 0 Å². The fourth-order valence-electron chi connectivity index (χ4n) is 1.31. The van der Waals surface area contributed by atoms with Crippen molar-refractivity contribution < 1.29 is 9.00 Å². The molecule has 1 amide bonds. The first-order valence-corrected chi connectivity index (χ1v) is 7.22. The third-order valence-corrected chi connectivity index (χ3v) is 3.55. The third-order valence-electron chi connectivity index (χ3n) is 2.25. The fourth-order valence-corrected chi connectivity index (χ4v) is 1.93. The van der Waals surface area contributed by atoms with Gasteiger partial charge in [-0.2, -0.15) is 0 Å². The van der Waals surface area contributed by atoms with Gasteiger partial charge >= 0.3 is 0 Å². The number of hydrogen-bond donors (Lipinski definition) is 2. The molecule has 0 radical (unpaired) electrons. The molecule has 18 heavy (non-hydrogen) atoms. The van der Waals surface area contributed by atoms with Gasteiger partial charge in [-0.3, -0.25) is 9.00 Å². The van der Waals surface area contributed by atoms with Crippen LogP contribution in [0.4, 0.5) is 5.95 Å². The third kappa shape index (κ3) is 4.40. The minimum atomic E-state index is -0.870. The molecule has 7 heteroatoms. The van der Waals surface area contributed by atoms with Crippen LogP contribution in [0.5, 0.6) is 0 Å². The lowest BCUT2D eigenvalue weighted by atomic mass is 10.3. The monoisotopic (exact) mass is 270 g/mol. The first-order valence-electron chi connectivity index (χ1n) is 5.73. The first kappa shape index (κ1) is 14.6. The van der Waals surface area contributed by atoms with E-state index < -0.39 is 10.8 Å². The van der Waals surface area contributed by atoms with E-state index in [0.717, 1.165) is 5.69 Å². The molecule has 0 aromatic carbocycles. The van der Waals surface area contributed by atoms with Crippen LogP contribution in [0, 0.1) is 6.92 Å². The highest BCUT2D eigenvalue weighted by atomic mass is 32.2. The molecule has 0 bridgehead atoms. The molecule has 0 fully saturated rings. The van der Waals surface area contributed by atoms with E-state index in [1.54, 1.807) is 20.0 Å². The van der Waals surface area contributed by atoms with E-state index in [1.165, 1.54) is 0 Å². The molecule has 2 N–H and O–H groups in total. The molecule has 0 saturated carbocycles. The van der Waals surface area contributed by atoms with Crippen molar-refractivity contribution >= 4 is 22.7 Å². The molecule has 1 atom stereocenters. The summed E-state index contributed by atoms with van der Waals surface area (Å²) in [6.07, 6.45) is 0. The lowest BCUT2D eigenvalue weighted by Gasteiger charge is -2.06.